The van der Waals surface area contributed by atoms with Gasteiger partial charge in [-0.3, -0.25) is 9.97 Å². The SMILES string of the molecule is CC1=NN(c2cncc(C(F)(F)F)c2)C(O)C1C(OI)c1cncc(C(F)(F)F)c1. The highest BCUT2D eigenvalue weighted by Gasteiger charge is 2.43. The first-order valence-electron chi connectivity index (χ1n) is 8.27. The molecular formula is C17H13F6IN4O2. The van der Waals surface area contributed by atoms with Crippen molar-refractivity contribution in [2.75, 3.05) is 5.01 Å². The molecule has 0 spiro atoms. The maximum absolute atomic E-state index is 13.0. The van der Waals surface area contributed by atoms with Crippen LogP contribution in [0.4, 0.5) is 32.0 Å². The first-order chi connectivity index (χ1) is 13.9. The van der Waals surface area contributed by atoms with Gasteiger partial charge in [0, 0.05) is 29.9 Å². The third-order valence-corrected chi connectivity index (χ3v) is 5.02. The molecule has 6 nitrogen and oxygen atoms in total. The number of rotatable bonds is 4. The minimum atomic E-state index is -4.65. The molecule has 3 heterocycles. The molecule has 162 valence electrons. The number of alkyl halides is 6. The van der Waals surface area contributed by atoms with Crippen LogP contribution in [0, 0.1) is 5.92 Å². The Morgan fingerprint density at radius 1 is 1.00 bits per heavy atom. The molecule has 0 radical (unpaired) electrons. The second-order valence-electron chi connectivity index (χ2n) is 6.47. The molecule has 0 fully saturated rings. The summed E-state index contributed by atoms with van der Waals surface area (Å²) in [5, 5.41) is 15.7. The number of hydrogen-bond acceptors (Lipinski definition) is 6. The number of aliphatic hydroxyl groups is 1. The third-order valence-electron chi connectivity index (χ3n) is 4.47. The van der Waals surface area contributed by atoms with Gasteiger partial charge in [-0.05, 0) is 19.1 Å². The fourth-order valence-electron chi connectivity index (χ4n) is 3.04. The lowest BCUT2D eigenvalue weighted by molar-refractivity contribution is -0.138. The summed E-state index contributed by atoms with van der Waals surface area (Å²) >= 11 is 1.48. The lowest BCUT2D eigenvalue weighted by atomic mass is 9.91. The molecule has 1 aliphatic heterocycles. The van der Waals surface area contributed by atoms with Crippen LogP contribution in [0.5, 0.6) is 0 Å². The second-order valence-corrected chi connectivity index (χ2v) is 6.98. The van der Waals surface area contributed by atoms with Crippen LogP contribution < -0.4 is 5.01 Å². The van der Waals surface area contributed by atoms with Crippen molar-refractivity contribution in [1.29, 1.82) is 0 Å². The van der Waals surface area contributed by atoms with Gasteiger partial charge < -0.3 is 8.17 Å². The third kappa shape index (κ3) is 4.51. The number of halogens is 7. The van der Waals surface area contributed by atoms with Crippen LogP contribution >= 0.6 is 23.0 Å². The first kappa shape index (κ1) is 22.7. The molecule has 3 atom stereocenters. The Morgan fingerprint density at radius 2 is 1.57 bits per heavy atom. The fourth-order valence-corrected chi connectivity index (χ4v) is 3.65. The lowest BCUT2D eigenvalue weighted by Crippen LogP contribution is -2.36. The number of nitrogens with zero attached hydrogens (tertiary/aromatic N) is 4. The highest BCUT2D eigenvalue weighted by Crippen LogP contribution is 2.40. The van der Waals surface area contributed by atoms with Crippen molar-refractivity contribution in [2.45, 2.75) is 31.6 Å². The molecule has 2 aromatic rings. The van der Waals surface area contributed by atoms with E-state index < -0.39 is 41.7 Å². The Bertz CT molecular complexity index is 952. The zero-order valence-electron chi connectivity index (χ0n) is 15.0. The molecule has 13 heteroatoms. The van der Waals surface area contributed by atoms with Gasteiger partial charge in [0.25, 0.3) is 0 Å². The molecule has 2 aromatic heterocycles. The average molecular weight is 546 g/mol. The van der Waals surface area contributed by atoms with Crippen molar-refractivity contribution in [1.82, 2.24) is 9.97 Å². The van der Waals surface area contributed by atoms with Gasteiger partial charge in [0.2, 0.25) is 0 Å². The van der Waals surface area contributed by atoms with Crippen molar-refractivity contribution in [3.63, 3.8) is 0 Å². The Kier molecular flexibility index (Phi) is 6.25. The van der Waals surface area contributed by atoms with Crippen LogP contribution in [-0.4, -0.2) is 27.0 Å². The molecule has 1 N–H and O–H groups in total. The summed E-state index contributed by atoms with van der Waals surface area (Å²) in [6.45, 7) is 1.48. The minimum Gasteiger partial charge on any atom is -0.371 e. The standard InChI is InChI=1S/C17H13F6IN4O2/c1-8-13(14(30-24)9-2-10(5-25-4-9)16(18,19)20)15(29)28(27-8)12-3-11(6-26-7-12)17(21,22)23/h2-7,13-15,29H,1H3. The Balaban J connectivity index is 1.94. The summed E-state index contributed by atoms with van der Waals surface area (Å²) in [6, 6.07) is 1.60. The molecule has 0 aromatic carbocycles. The Morgan fingerprint density at radius 3 is 2.13 bits per heavy atom. The van der Waals surface area contributed by atoms with Crippen molar-refractivity contribution in [3.8, 4) is 0 Å². The van der Waals surface area contributed by atoms with Gasteiger partial charge in [-0.15, -0.1) is 0 Å². The van der Waals surface area contributed by atoms with E-state index in [1.165, 1.54) is 29.9 Å². The van der Waals surface area contributed by atoms with Gasteiger partial charge in [-0.25, -0.2) is 5.01 Å². The summed E-state index contributed by atoms with van der Waals surface area (Å²) in [7, 11) is 0. The minimum absolute atomic E-state index is 0.0295. The fraction of sp³-hybridized carbons (Fsp3) is 0.353. The molecule has 0 amide bonds. The van der Waals surface area contributed by atoms with E-state index in [-0.39, 0.29) is 17.0 Å². The monoisotopic (exact) mass is 546 g/mol. The first-order valence-corrected chi connectivity index (χ1v) is 9.15. The molecule has 0 bridgehead atoms. The van der Waals surface area contributed by atoms with Crippen LogP contribution in [-0.2, 0) is 15.4 Å². The number of pyridine rings is 2. The number of aromatic nitrogens is 2. The lowest BCUT2D eigenvalue weighted by Gasteiger charge is -2.28. The molecule has 1 aliphatic rings. The zero-order valence-corrected chi connectivity index (χ0v) is 17.1. The normalized spacial score (nSPS) is 21.0. The average Bonchev–Trinajstić information content (AvgIpc) is 2.96. The van der Waals surface area contributed by atoms with Crippen molar-refractivity contribution < 1.29 is 34.5 Å². The van der Waals surface area contributed by atoms with Gasteiger partial charge in [0.1, 0.15) is 29.1 Å². The largest absolute Gasteiger partial charge is 0.417 e. The second kappa shape index (κ2) is 8.26. The number of anilines is 1. The van der Waals surface area contributed by atoms with Crippen LogP contribution in [0.25, 0.3) is 0 Å². The van der Waals surface area contributed by atoms with Gasteiger partial charge >= 0.3 is 12.4 Å². The number of hydrogen-bond donors (Lipinski definition) is 1. The predicted molar refractivity (Wildman–Crippen MR) is 101 cm³/mol. The van der Waals surface area contributed by atoms with E-state index in [0.29, 0.717) is 12.4 Å². The molecule has 3 rings (SSSR count). The van der Waals surface area contributed by atoms with E-state index in [4.69, 9.17) is 3.07 Å². The van der Waals surface area contributed by atoms with E-state index in [2.05, 4.69) is 15.1 Å². The molecule has 0 saturated heterocycles. The van der Waals surface area contributed by atoms with Crippen LogP contribution in [0.1, 0.15) is 29.7 Å². The maximum Gasteiger partial charge on any atom is 0.417 e. The van der Waals surface area contributed by atoms with E-state index in [9.17, 15) is 31.4 Å². The quantitative estimate of drug-likeness (QED) is 0.443. The summed E-state index contributed by atoms with van der Waals surface area (Å²) < 4.78 is 83.3. The smallest absolute Gasteiger partial charge is 0.371 e. The molecule has 0 saturated carbocycles. The van der Waals surface area contributed by atoms with Crippen LogP contribution in [0.3, 0.4) is 0 Å². The van der Waals surface area contributed by atoms with Gasteiger partial charge in [-0.2, -0.15) is 31.4 Å². The number of hydrazone groups is 1. The van der Waals surface area contributed by atoms with E-state index >= 15 is 0 Å². The highest BCUT2D eigenvalue weighted by atomic mass is 127. The van der Waals surface area contributed by atoms with E-state index in [0.717, 1.165) is 29.5 Å². The summed E-state index contributed by atoms with van der Waals surface area (Å²) in [6.07, 6.45) is -8.36. The highest BCUT2D eigenvalue weighted by molar-refractivity contribution is 14.1. The van der Waals surface area contributed by atoms with Gasteiger partial charge in [-0.1, -0.05) is 0 Å². The van der Waals surface area contributed by atoms with E-state index in [1.807, 2.05) is 0 Å². The van der Waals surface area contributed by atoms with Crippen molar-refractivity contribution in [2.24, 2.45) is 11.0 Å². The summed E-state index contributed by atoms with van der Waals surface area (Å²) in [4.78, 5) is 7.12. The molecule has 0 aliphatic carbocycles. The molecule has 30 heavy (non-hydrogen) atoms. The van der Waals surface area contributed by atoms with E-state index in [1.54, 1.807) is 0 Å². The summed E-state index contributed by atoms with van der Waals surface area (Å²) in [5.74, 6) is -0.971. The van der Waals surface area contributed by atoms with Crippen LogP contribution in [0.15, 0.2) is 42.0 Å². The molecular weight excluding hydrogens is 533 g/mol. The summed E-state index contributed by atoms with van der Waals surface area (Å²) in [5.41, 5.74) is -1.89. The van der Waals surface area contributed by atoms with Crippen molar-refractivity contribution >= 4 is 34.4 Å². The zero-order chi connectivity index (χ0) is 22.3. The van der Waals surface area contributed by atoms with Gasteiger partial charge in [0.15, 0.2) is 6.23 Å². The predicted octanol–water partition coefficient (Wildman–Crippen LogP) is 4.75. The Labute approximate surface area is 180 Å². The van der Waals surface area contributed by atoms with Crippen LogP contribution in [0.2, 0.25) is 0 Å². The van der Waals surface area contributed by atoms with Gasteiger partial charge in [0.05, 0.1) is 28.9 Å². The maximum atomic E-state index is 13.0. The molecule has 3 unspecified atom stereocenters. The Hall–Kier alpha value is -2.00. The number of aliphatic hydroxyl groups excluding tert-OH is 1. The van der Waals surface area contributed by atoms with Crippen molar-refractivity contribution in [3.05, 3.63) is 53.6 Å². The topological polar surface area (TPSA) is 70.8 Å².